The largest absolute Gasteiger partial charge is 0.273 e. The molecule has 0 saturated carbocycles. The molecule has 0 spiro atoms. The number of carbonyl (C=O) groups is 1. The number of rotatable bonds is 4. The fourth-order valence-electron chi connectivity index (χ4n) is 1.32. The number of nitrogens with one attached hydrogen (secondary N) is 1. The topological polar surface area (TPSA) is 41.5 Å². The molecule has 0 fully saturated rings. The molecule has 4 heteroatoms. The van der Waals surface area contributed by atoms with E-state index in [-0.39, 0.29) is 5.91 Å². The first-order valence-electron chi connectivity index (χ1n) is 5.58. The summed E-state index contributed by atoms with van der Waals surface area (Å²) in [6, 6.07) is 7.34. The fraction of sp³-hybridized carbons (Fsp3) is 0.385. The smallest absolute Gasteiger partial charge is 0.240 e. The monoisotopic (exact) mass is 252 g/mol. The molecule has 0 aliphatic heterocycles. The summed E-state index contributed by atoms with van der Waals surface area (Å²) in [5, 5.41) is 4.74. The molecule has 1 aromatic rings. The number of benzene rings is 1. The number of nitrogens with zero attached hydrogens (tertiary/aromatic N) is 1. The Kier molecular flexibility index (Phi) is 5.16. The molecule has 0 heterocycles. The molecule has 0 aliphatic carbocycles. The Balaban J connectivity index is 2.60. The van der Waals surface area contributed by atoms with E-state index in [9.17, 15) is 4.79 Å². The molecular weight excluding hydrogens is 236 g/mol. The standard InChI is InChI=1S/C13H17ClN2O/c1-9(2)8-13(17)16-15-10(3)11-4-6-12(14)7-5-11/h4-7,9H,8H2,1-3H3,(H,16,17)/b15-10-. The molecule has 0 bridgehead atoms. The summed E-state index contributed by atoms with van der Waals surface area (Å²) in [5.41, 5.74) is 4.25. The summed E-state index contributed by atoms with van der Waals surface area (Å²) >= 11 is 5.79. The first kappa shape index (κ1) is 13.7. The van der Waals surface area contributed by atoms with Crippen LogP contribution in [0, 0.1) is 5.92 Å². The Labute approximate surface area is 107 Å². The van der Waals surface area contributed by atoms with Crippen LogP contribution in [0.5, 0.6) is 0 Å². The summed E-state index contributed by atoms with van der Waals surface area (Å²) in [4.78, 5) is 11.4. The van der Waals surface area contributed by atoms with Gasteiger partial charge in [-0.15, -0.1) is 0 Å². The zero-order chi connectivity index (χ0) is 12.8. The highest BCUT2D eigenvalue weighted by Gasteiger charge is 2.03. The van der Waals surface area contributed by atoms with Crippen LogP contribution in [0.2, 0.25) is 5.02 Å². The highest BCUT2D eigenvalue weighted by Crippen LogP contribution is 2.10. The molecule has 3 nitrogen and oxygen atoms in total. The van der Waals surface area contributed by atoms with Crippen molar-refractivity contribution in [2.75, 3.05) is 0 Å². The SMILES string of the molecule is C/C(=N/NC(=O)CC(C)C)c1ccc(Cl)cc1. The number of hydrogen-bond donors (Lipinski definition) is 1. The van der Waals surface area contributed by atoms with Crippen LogP contribution in [0.3, 0.4) is 0 Å². The molecule has 1 amide bonds. The molecule has 1 N–H and O–H groups in total. The Morgan fingerprint density at radius 1 is 1.35 bits per heavy atom. The quantitative estimate of drug-likeness (QED) is 0.649. The van der Waals surface area contributed by atoms with Gasteiger partial charge in [-0.05, 0) is 30.5 Å². The number of amides is 1. The number of hydrazone groups is 1. The maximum Gasteiger partial charge on any atom is 0.240 e. The van der Waals surface area contributed by atoms with Crippen LogP contribution in [-0.2, 0) is 4.79 Å². The van der Waals surface area contributed by atoms with E-state index in [4.69, 9.17) is 11.6 Å². The van der Waals surface area contributed by atoms with Gasteiger partial charge in [0.05, 0.1) is 5.71 Å². The second-order valence-corrected chi connectivity index (χ2v) is 4.77. The summed E-state index contributed by atoms with van der Waals surface area (Å²) < 4.78 is 0. The number of halogens is 1. The van der Waals surface area contributed by atoms with Crippen molar-refractivity contribution in [1.82, 2.24) is 5.43 Å². The highest BCUT2D eigenvalue weighted by atomic mass is 35.5. The van der Waals surface area contributed by atoms with Crippen molar-refractivity contribution in [2.24, 2.45) is 11.0 Å². The van der Waals surface area contributed by atoms with Crippen molar-refractivity contribution in [2.45, 2.75) is 27.2 Å². The number of hydrogen-bond acceptors (Lipinski definition) is 2. The summed E-state index contributed by atoms with van der Waals surface area (Å²) in [5.74, 6) is 0.273. The second kappa shape index (κ2) is 6.40. The Morgan fingerprint density at radius 2 is 1.94 bits per heavy atom. The van der Waals surface area contributed by atoms with Crippen LogP contribution in [0.4, 0.5) is 0 Å². The van der Waals surface area contributed by atoms with Crippen LogP contribution >= 0.6 is 11.6 Å². The molecule has 0 unspecified atom stereocenters. The van der Waals surface area contributed by atoms with Gasteiger partial charge in [0.15, 0.2) is 0 Å². The second-order valence-electron chi connectivity index (χ2n) is 4.34. The molecule has 92 valence electrons. The lowest BCUT2D eigenvalue weighted by molar-refractivity contribution is -0.121. The van der Waals surface area contributed by atoms with Crippen LogP contribution in [0.1, 0.15) is 32.8 Å². The van der Waals surface area contributed by atoms with Crippen molar-refractivity contribution in [3.05, 3.63) is 34.9 Å². The third-order valence-corrected chi connectivity index (χ3v) is 2.46. The van der Waals surface area contributed by atoms with Crippen LogP contribution in [0.25, 0.3) is 0 Å². The van der Waals surface area contributed by atoms with Crippen molar-refractivity contribution in [3.63, 3.8) is 0 Å². The lowest BCUT2D eigenvalue weighted by atomic mass is 10.1. The highest BCUT2D eigenvalue weighted by molar-refractivity contribution is 6.30. The average Bonchev–Trinajstić information content (AvgIpc) is 2.26. The van der Waals surface area contributed by atoms with E-state index in [1.807, 2.05) is 32.9 Å². The molecule has 1 rings (SSSR count). The summed E-state index contributed by atoms with van der Waals surface area (Å²) in [6.45, 7) is 5.84. The zero-order valence-electron chi connectivity index (χ0n) is 10.3. The normalized spacial score (nSPS) is 11.7. The molecule has 0 aliphatic rings. The predicted octanol–water partition coefficient (Wildman–Crippen LogP) is 3.23. The van der Waals surface area contributed by atoms with Gasteiger partial charge in [-0.1, -0.05) is 37.6 Å². The third kappa shape index (κ3) is 5.00. The van der Waals surface area contributed by atoms with E-state index >= 15 is 0 Å². The minimum Gasteiger partial charge on any atom is -0.273 e. The van der Waals surface area contributed by atoms with Gasteiger partial charge in [-0.3, -0.25) is 4.79 Å². The fourth-order valence-corrected chi connectivity index (χ4v) is 1.44. The van der Waals surface area contributed by atoms with Crippen molar-refractivity contribution in [3.8, 4) is 0 Å². The minimum atomic E-state index is -0.0617. The summed E-state index contributed by atoms with van der Waals surface area (Å²) in [7, 11) is 0. The van der Waals surface area contributed by atoms with Crippen LogP contribution < -0.4 is 5.43 Å². The third-order valence-electron chi connectivity index (χ3n) is 2.20. The molecule has 0 aromatic heterocycles. The lowest BCUT2D eigenvalue weighted by Gasteiger charge is -2.04. The molecule has 0 saturated heterocycles. The van der Waals surface area contributed by atoms with E-state index in [1.54, 1.807) is 12.1 Å². The van der Waals surface area contributed by atoms with Crippen LogP contribution in [0.15, 0.2) is 29.4 Å². The van der Waals surface area contributed by atoms with Gasteiger partial charge in [-0.2, -0.15) is 5.10 Å². The molecule has 0 radical (unpaired) electrons. The van der Waals surface area contributed by atoms with Crippen molar-refractivity contribution in [1.29, 1.82) is 0 Å². The molecular formula is C13H17ClN2O. The van der Waals surface area contributed by atoms with E-state index in [0.717, 1.165) is 11.3 Å². The maximum absolute atomic E-state index is 11.4. The van der Waals surface area contributed by atoms with E-state index in [2.05, 4.69) is 10.5 Å². The van der Waals surface area contributed by atoms with E-state index in [1.165, 1.54) is 0 Å². The average molecular weight is 253 g/mol. The Morgan fingerprint density at radius 3 is 2.47 bits per heavy atom. The van der Waals surface area contributed by atoms with Crippen LogP contribution in [-0.4, -0.2) is 11.6 Å². The molecule has 17 heavy (non-hydrogen) atoms. The molecule has 0 atom stereocenters. The predicted molar refractivity (Wildman–Crippen MR) is 71.3 cm³/mol. The summed E-state index contributed by atoms with van der Waals surface area (Å²) in [6.07, 6.45) is 0.484. The van der Waals surface area contributed by atoms with E-state index < -0.39 is 0 Å². The Hall–Kier alpha value is -1.35. The van der Waals surface area contributed by atoms with Gasteiger partial charge >= 0.3 is 0 Å². The van der Waals surface area contributed by atoms with Crippen molar-refractivity contribution >= 4 is 23.2 Å². The first-order chi connectivity index (χ1) is 7.99. The van der Waals surface area contributed by atoms with Gasteiger partial charge in [-0.25, -0.2) is 5.43 Å². The minimum absolute atomic E-state index is 0.0617. The Bertz CT molecular complexity index is 410. The number of carbonyl (C=O) groups excluding carboxylic acids is 1. The van der Waals surface area contributed by atoms with Gasteiger partial charge in [0, 0.05) is 11.4 Å². The maximum atomic E-state index is 11.4. The van der Waals surface area contributed by atoms with E-state index in [0.29, 0.717) is 17.4 Å². The zero-order valence-corrected chi connectivity index (χ0v) is 11.1. The van der Waals surface area contributed by atoms with Crippen molar-refractivity contribution < 1.29 is 4.79 Å². The van der Waals surface area contributed by atoms with Gasteiger partial charge in [0.2, 0.25) is 5.91 Å². The van der Waals surface area contributed by atoms with Gasteiger partial charge in [0.1, 0.15) is 0 Å². The first-order valence-corrected chi connectivity index (χ1v) is 5.96. The van der Waals surface area contributed by atoms with Gasteiger partial charge < -0.3 is 0 Å². The lowest BCUT2D eigenvalue weighted by Crippen LogP contribution is -2.20. The van der Waals surface area contributed by atoms with Gasteiger partial charge in [0.25, 0.3) is 0 Å². The molecule has 1 aromatic carbocycles.